The second kappa shape index (κ2) is 6.87. The summed E-state index contributed by atoms with van der Waals surface area (Å²) in [6, 6.07) is 3.79. The molecule has 1 aliphatic rings. The summed E-state index contributed by atoms with van der Waals surface area (Å²) < 4.78 is 5.08. The number of likely N-dealkylation sites (tertiary alicyclic amines) is 1. The normalized spacial score (nSPS) is 23.1. The van der Waals surface area contributed by atoms with E-state index < -0.39 is 11.4 Å². The maximum absolute atomic E-state index is 11.7. The van der Waals surface area contributed by atoms with Crippen molar-refractivity contribution in [3.05, 3.63) is 23.9 Å². The molecule has 1 atom stereocenters. The second-order valence-corrected chi connectivity index (χ2v) is 5.69. The zero-order valence-corrected chi connectivity index (χ0v) is 12.4. The summed E-state index contributed by atoms with van der Waals surface area (Å²) >= 11 is 0. The van der Waals surface area contributed by atoms with Gasteiger partial charge in [0.05, 0.1) is 5.41 Å². The largest absolute Gasteiger partial charge is 0.481 e. The number of nitrogens with zero attached hydrogens (tertiary/aromatic N) is 2. The summed E-state index contributed by atoms with van der Waals surface area (Å²) in [6.07, 6.45) is 3.77. The van der Waals surface area contributed by atoms with Crippen molar-refractivity contribution in [1.82, 2.24) is 9.88 Å². The minimum atomic E-state index is -0.733. The van der Waals surface area contributed by atoms with E-state index >= 15 is 0 Å². The van der Waals surface area contributed by atoms with Crippen LogP contribution in [0, 0.1) is 5.41 Å². The Hall–Kier alpha value is -1.66. The smallest absolute Gasteiger partial charge is 0.311 e. The Balaban J connectivity index is 2.08. The maximum atomic E-state index is 11.7. The van der Waals surface area contributed by atoms with Crippen molar-refractivity contribution in [2.24, 2.45) is 5.41 Å². The Morgan fingerprint density at radius 2 is 2.43 bits per heavy atom. The van der Waals surface area contributed by atoms with Crippen molar-refractivity contribution in [3.8, 4) is 0 Å². The Bertz CT molecular complexity index is 495. The summed E-state index contributed by atoms with van der Waals surface area (Å²) in [7, 11) is 1.60. The third-order valence-electron chi connectivity index (χ3n) is 4.21. The minimum Gasteiger partial charge on any atom is -0.481 e. The Labute approximate surface area is 124 Å². The number of pyridine rings is 1. The Morgan fingerprint density at radius 3 is 3.10 bits per heavy atom. The molecule has 1 aliphatic heterocycles. The molecule has 2 rings (SSSR count). The first-order chi connectivity index (χ1) is 10.1. The quantitative estimate of drug-likeness (QED) is 0.823. The van der Waals surface area contributed by atoms with Crippen LogP contribution in [0.3, 0.4) is 0 Å². The topological polar surface area (TPSA) is 88.7 Å². The highest BCUT2D eigenvalue weighted by Gasteiger charge is 2.42. The van der Waals surface area contributed by atoms with Gasteiger partial charge in [-0.3, -0.25) is 9.69 Å². The van der Waals surface area contributed by atoms with Crippen LogP contribution >= 0.6 is 0 Å². The van der Waals surface area contributed by atoms with E-state index in [1.807, 2.05) is 12.1 Å². The standard InChI is InChI=1S/C15H23N3O3/c1-21-9-6-15(14(19)20)5-3-8-18(11-15)10-12-4-2-7-17-13(12)16/h2,4,7H,3,5-6,8-11H2,1H3,(H2,16,17)(H,19,20)/t15-/m0/s1. The van der Waals surface area contributed by atoms with Crippen LogP contribution in [0.15, 0.2) is 18.3 Å². The van der Waals surface area contributed by atoms with E-state index in [0.29, 0.717) is 38.4 Å². The van der Waals surface area contributed by atoms with Gasteiger partial charge < -0.3 is 15.6 Å². The van der Waals surface area contributed by atoms with Crippen LogP contribution in [0.5, 0.6) is 0 Å². The predicted octanol–water partition coefficient (Wildman–Crippen LogP) is 1.37. The summed E-state index contributed by atoms with van der Waals surface area (Å²) in [5, 5.41) is 9.63. The predicted molar refractivity (Wildman–Crippen MR) is 79.7 cm³/mol. The maximum Gasteiger partial charge on any atom is 0.311 e. The summed E-state index contributed by atoms with van der Waals surface area (Å²) in [4.78, 5) is 18.0. The molecular weight excluding hydrogens is 270 g/mol. The fourth-order valence-corrected chi connectivity index (χ4v) is 2.97. The molecule has 116 valence electrons. The van der Waals surface area contributed by atoms with Crippen LogP contribution in [0.4, 0.5) is 5.82 Å². The Kier molecular flexibility index (Phi) is 5.14. The number of aliphatic carboxylic acids is 1. The van der Waals surface area contributed by atoms with E-state index in [-0.39, 0.29) is 0 Å². The number of hydrogen-bond acceptors (Lipinski definition) is 5. The average molecular weight is 293 g/mol. The van der Waals surface area contributed by atoms with Crippen molar-refractivity contribution in [1.29, 1.82) is 0 Å². The number of ether oxygens (including phenoxy) is 1. The highest BCUT2D eigenvalue weighted by Crippen LogP contribution is 2.34. The molecule has 2 heterocycles. The SMILES string of the molecule is COCC[C@@]1(C(=O)O)CCCN(Cc2cccnc2N)C1. The fourth-order valence-electron chi connectivity index (χ4n) is 2.97. The van der Waals surface area contributed by atoms with E-state index in [9.17, 15) is 9.90 Å². The van der Waals surface area contributed by atoms with Gasteiger partial charge in [0, 0.05) is 38.6 Å². The molecule has 0 amide bonds. The number of aromatic nitrogens is 1. The van der Waals surface area contributed by atoms with Crippen molar-refractivity contribution in [2.45, 2.75) is 25.8 Å². The van der Waals surface area contributed by atoms with E-state index in [1.165, 1.54) is 0 Å². The van der Waals surface area contributed by atoms with Gasteiger partial charge in [-0.2, -0.15) is 0 Å². The number of nitrogens with two attached hydrogens (primary N) is 1. The molecule has 21 heavy (non-hydrogen) atoms. The first kappa shape index (κ1) is 15.7. The first-order valence-electron chi connectivity index (χ1n) is 7.21. The zero-order valence-electron chi connectivity index (χ0n) is 12.4. The molecule has 0 bridgehead atoms. The van der Waals surface area contributed by atoms with Gasteiger partial charge in [-0.05, 0) is 31.9 Å². The molecule has 0 aliphatic carbocycles. The molecular formula is C15H23N3O3. The van der Waals surface area contributed by atoms with Gasteiger partial charge in [0.15, 0.2) is 0 Å². The van der Waals surface area contributed by atoms with Gasteiger partial charge in [0.2, 0.25) is 0 Å². The fraction of sp³-hybridized carbons (Fsp3) is 0.600. The van der Waals surface area contributed by atoms with Crippen molar-refractivity contribution in [3.63, 3.8) is 0 Å². The number of carbonyl (C=O) groups is 1. The Morgan fingerprint density at radius 1 is 1.62 bits per heavy atom. The molecule has 1 saturated heterocycles. The monoisotopic (exact) mass is 293 g/mol. The van der Waals surface area contributed by atoms with Gasteiger partial charge >= 0.3 is 5.97 Å². The summed E-state index contributed by atoms with van der Waals surface area (Å²) in [5.74, 6) is -0.218. The highest BCUT2D eigenvalue weighted by molar-refractivity contribution is 5.75. The van der Waals surface area contributed by atoms with Crippen LogP contribution in [-0.2, 0) is 16.1 Å². The minimum absolute atomic E-state index is 0.467. The van der Waals surface area contributed by atoms with Gasteiger partial charge in [0.1, 0.15) is 5.82 Å². The third-order valence-corrected chi connectivity index (χ3v) is 4.21. The van der Waals surface area contributed by atoms with Gasteiger partial charge in [-0.15, -0.1) is 0 Å². The second-order valence-electron chi connectivity index (χ2n) is 5.69. The molecule has 0 radical (unpaired) electrons. The van der Waals surface area contributed by atoms with Crippen LogP contribution < -0.4 is 5.73 Å². The lowest BCUT2D eigenvalue weighted by Gasteiger charge is -2.40. The molecule has 0 spiro atoms. The molecule has 1 aromatic heterocycles. The first-order valence-corrected chi connectivity index (χ1v) is 7.21. The number of carboxylic acids is 1. The van der Waals surface area contributed by atoms with Crippen molar-refractivity contribution in [2.75, 3.05) is 32.5 Å². The van der Waals surface area contributed by atoms with E-state index in [2.05, 4.69) is 9.88 Å². The molecule has 0 aromatic carbocycles. The number of rotatable bonds is 6. The van der Waals surface area contributed by atoms with Gasteiger partial charge in [0.25, 0.3) is 0 Å². The van der Waals surface area contributed by atoms with Crippen LogP contribution in [-0.4, -0.2) is 47.8 Å². The molecule has 1 fully saturated rings. The van der Waals surface area contributed by atoms with Crippen LogP contribution in [0.25, 0.3) is 0 Å². The van der Waals surface area contributed by atoms with Crippen LogP contribution in [0.2, 0.25) is 0 Å². The molecule has 0 unspecified atom stereocenters. The van der Waals surface area contributed by atoms with Gasteiger partial charge in [-0.1, -0.05) is 6.07 Å². The molecule has 6 heteroatoms. The number of hydrogen-bond donors (Lipinski definition) is 2. The molecule has 0 saturated carbocycles. The highest BCUT2D eigenvalue weighted by atomic mass is 16.5. The molecule has 1 aromatic rings. The number of methoxy groups -OCH3 is 1. The summed E-state index contributed by atoms with van der Waals surface area (Å²) in [5.41, 5.74) is 6.10. The zero-order chi connectivity index (χ0) is 15.3. The molecule has 6 nitrogen and oxygen atoms in total. The van der Waals surface area contributed by atoms with Crippen molar-refractivity contribution < 1.29 is 14.6 Å². The van der Waals surface area contributed by atoms with E-state index in [0.717, 1.165) is 18.5 Å². The number of nitrogen functional groups attached to an aromatic ring is 1. The number of piperidine rings is 1. The molecule has 3 N–H and O–H groups in total. The van der Waals surface area contributed by atoms with Crippen LogP contribution in [0.1, 0.15) is 24.8 Å². The summed E-state index contributed by atoms with van der Waals surface area (Å²) in [6.45, 7) is 2.52. The van der Waals surface area contributed by atoms with E-state index in [4.69, 9.17) is 10.5 Å². The van der Waals surface area contributed by atoms with Gasteiger partial charge in [-0.25, -0.2) is 4.98 Å². The van der Waals surface area contributed by atoms with Crippen molar-refractivity contribution >= 4 is 11.8 Å². The average Bonchev–Trinajstić information content (AvgIpc) is 2.48. The lowest BCUT2D eigenvalue weighted by atomic mass is 9.77. The third kappa shape index (κ3) is 3.71. The lowest BCUT2D eigenvalue weighted by Crippen LogP contribution is -2.48. The lowest BCUT2D eigenvalue weighted by molar-refractivity contribution is -0.154. The number of carboxylic acid groups (broad SMARTS) is 1. The van der Waals surface area contributed by atoms with E-state index in [1.54, 1.807) is 13.3 Å². The number of anilines is 1.